The average Bonchev–Trinajstić information content (AvgIpc) is 2.89. The molecule has 1 fully saturated rings. The van der Waals surface area contributed by atoms with Gasteiger partial charge in [-0.15, -0.1) is 0 Å². The number of hydrogen-bond donors (Lipinski definition) is 1. The molecule has 1 aliphatic heterocycles. The molecule has 4 rings (SSSR count). The van der Waals surface area contributed by atoms with Crippen LogP contribution >= 0.6 is 15.9 Å². The lowest BCUT2D eigenvalue weighted by atomic mass is 9.88. The highest BCUT2D eigenvalue weighted by Gasteiger charge is 2.29. The Bertz CT molecular complexity index is 1200. The average molecular weight is 572 g/mol. The first kappa shape index (κ1) is 27.1. The second-order valence-electron chi connectivity index (χ2n) is 9.24. The number of carbonyl (C=O) groups is 1. The first-order chi connectivity index (χ1) is 18.0. The molecule has 0 spiro atoms. The van der Waals surface area contributed by atoms with Crippen LogP contribution in [0.3, 0.4) is 0 Å². The van der Waals surface area contributed by atoms with Crippen LogP contribution in [-0.2, 0) is 9.53 Å². The van der Waals surface area contributed by atoms with E-state index >= 15 is 0 Å². The van der Waals surface area contributed by atoms with Crippen molar-refractivity contribution in [2.24, 2.45) is 5.92 Å². The van der Waals surface area contributed by atoms with Gasteiger partial charge in [0.2, 0.25) is 0 Å². The molecule has 198 valence electrons. The predicted octanol–water partition coefficient (Wildman–Crippen LogP) is 5.97. The van der Waals surface area contributed by atoms with Gasteiger partial charge in [-0.1, -0.05) is 35.3 Å². The Balaban J connectivity index is 1.54. The zero-order valence-electron chi connectivity index (χ0n) is 21.7. The summed E-state index contributed by atoms with van der Waals surface area (Å²) in [7, 11) is 1.65. The van der Waals surface area contributed by atoms with Crippen molar-refractivity contribution in [1.82, 2.24) is 14.9 Å². The van der Waals surface area contributed by atoms with Crippen molar-refractivity contribution in [2.45, 2.75) is 45.6 Å². The van der Waals surface area contributed by atoms with E-state index in [1.807, 2.05) is 43.3 Å². The highest BCUT2D eigenvalue weighted by atomic mass is 79.9. The molecule has 0 saturated carbocycles. The van der Waals surface area contributed by atoms with E-state index in [9.17, 15) is 4.79 Å². The van der Waals surface area contributed by atoms with E-state index in [1.165, 1.54) is 0 Å². The molecule has 2 aromatic carbocycles. The summed E-state index contributed by atoms with van der Waals surface area (Å²) < 4.78 is 18.5. The molecule has 0 bridgehead atoms. The van der Waals surface area contributed by atoms with Crippen LogP contribution in [0.25, 0.3) is 10.9 Å². The number of nitrogens with zero attached hydrogens (tertiary/aromatic N) is 3. The fourth-order valence-corrected chi connectivity index (χ4v) is 5.23. The first-order valence-corrected chi connectivity index (χ1v) is 13.7. The Kier molecular flexibility index (Phi) is 9.57. The zero-order valence-corrected chi connectivity index (χ0v) is 23.3. The standard InChI is InChI=1S/C28H35BrN4O4/c1-4-7-24(19-10-12-33(13-11-19)17-27(34)36-5-2)37-26-15-22-23(16-25(26)35-3)30-18-31-28(22)32-21-9-6-8-20(29)14-21/h6,8-9,14-16,18-19,24H,4-5,7,10-13,17H2,1-3H3,(H,30,31,32). The number of hydrogen-bond acceptors (Lipinski definition) is 8. The van der Waals surface area contributed by atoms with Gasteiger partial charge in [0.15, 0.2) is 11.5 Å². The number of carbonyl (C=O) groups excluding carboxylic acids is 1. The van der Waals surface area contributed by atoms with Crippen LogP contribution in [0.4, 0.5) is 11.5 Å². The Morgan fingerprint density at radius 2 is 1.97 bits per heavy atom. The van der Waals surface area contributed by atoms with Crippen molar-refractivity contribution in [2.75, 3.05) is 38.7 Å². The van der Waals surface area contributed by atoms with Crippen molar-refractivity contribution in [3.63, 3.8) is 0 Å². The van der Waals surface area contributed by atoms with Gasteiger partial charge in [0.1, 0.15) is 18.2 Å². The van der Waals surface area contributed by atoms with Crippen LogP contribution in [0.15, 0.2) is 47.2 Å². The van der Waals surface area contributed by atoms with E-state index in [1.54, 1.807) is 13.4 Å². The van der Waals surface area contributed by atoms with Gasteiger partial charge in [-0.05, 0) is 69.5 Å². The Morgan fingerprint density at radius 1 is 1.16 bits per heavy atom. The fourth-order valence-electron chi connectivity index (χ4n) is 4.83. The van der Waals surface area contributed by atoms with Crippen LogP contribution in [0.5, 0.6) is 11.5 Å². The van der Waals surface area contributed by atoms with Gasteiger partial charge in [-0.3, -0.25) is 9.69 Å². The molecule has 1 aliphatic rings. The first-order valence-electron chi connectivity index (χ1n) is 12.9. The number of fused-ring (bicyclic) bond motifs is 1. The highest BCUT2D eigenvalue weighted by Crippen LogP contribution is 2.37. The van der Waals surface area contributed by atoms with Crippen molar-refractivity contribution >= 4 is 44.3 Å². The Hall–Kier alpha value is -2.91. The third-order valence-corrected chi connectivity index (χ3v) is 7.17. The molecular weight excluding hydrogens is 536 g/mol. The summed E-state index contributed by atoms with van der Waals surface area (Å²) in [6, 6.07) is 11.8. The number of likely N-dealkylation sites (tertiary alicyclic amines) is 1. The monoisotopic (exact) mass is 570 g/mol. The molecule has 0 aliphatic carbocycles. The van der Waals surface area contributed by atoms with Gasteiger partial charge in [0.25, 0.3) is 0 Å². The molecule has 9 heteroatoms. The minimum atomic E-state index is -0.155. The topological polar surface area (TPSA) is 85.8 Å². The molecule has 1 saturated heterocycles. The van der Waals surface area contributed by atoms with Crippen LogP contribution in [0.2, 0.25) is 0 Å². The molecule has 1 N–H and O–H groups in total. The molecular formula is C28H35BrN4O4. The van der Waals surface area contributed by atoms with E-state index in [0.717, 1.165) is 59.8 Å². The maximum atomic E-state index is 11.9. The maximum absolute atomic E-state index is 11.9. The largest absolute Gasteiger partial charge is 0.493 e. The lowest BCUT2D eigenvalue weighted by Crippen LogP contribution is -2.42. The number of nitrogens with one attached hydrogen (secondary N) is 1. The fraction of sp³-hybridized carbons (Fsp3) is 0.464. The number of rotatable bonds is 11. The molecule has 37 heavy (non-hydrogen) atoms. The summed E-state index contributed by atoms with van der Waals surface area (Å²) in [5, 5.41) is 4.26. The lowest BCUT2D eigenvalue weighted by molar-refractivity contribution is -0.144. The number of piperidine rings is 1. The van der Waals surface area contributed by atoms with Crippen molar-refractivity contribution in [3.8, 4) is 11.5 Å². The van der Waals surface area contributed by atoms with Crippen LogP contribution < -0.4 is 14.8 Å². The molecule has 3 aromatic rings. The molecule has 2 heterocycles. The van der Waals surface area contributed by atoms with Gasteiger partial charge in [-0.25, -0.2) is 9.97 Å². The summed E-state index contributed by atoms with van der Waals surface area (Å²) in [5.74, 6) is 2.28. The summed E-state index contributed by atoms with van der Waals surface area (Å²) in [6.07, 6.45) is 5.50. The molecule has 0 amide bonds. The summed E-state index contributed by atoms with van der Waals surface area (Å²) in [4.78, 5) is 23.0. The third-order valence-electron chi connectivity index (χ3n) is 6.68. The van der Waals surface area contributed by atoms with Crippen molar-refractivity contribution < 1.29 is 19.0 Å². The molecule has 1 aromatic heterocycles. The lowest BCUT2D eigenvalue weighted by Gasteiger charge is -2.35. The summed E-state index contributed by atoms with van der Waals surface area (Å²) in [5.41, 5.74) is 1.70. The van der Waals surface area contributed by atoms with Crippen LogP contribution in [0.1, 0.15) is 39.5 Å². The molecule has 1 atom stereocenters. The molecule has 0 radical (unpaired) electrons. The Morgan fingerprint density at radius 3 is 2.68 bits per heavy atom. The van der Waals surface area contributed by atoms with Gasteiger partial charge in [-0.2, -0.15) is 0 Å². The third kappa shape index (κ3) is 7.11. The second-order valence-corrected chi connectivity index (χ2v) is 10.2. The van der Waals surface area contributed by atoms with E-state index < -0.39 is 0 Å². The summed E-state index contributed by atoms with van der Waals surface area (Å²) >= 11 is 3.52. The number of anilines is 2. The minimum absolute atomic E-state index is 0.0483. The number of esters is 1. The zero-order chi connectivity index (χ0) is 26.2. The van der Waals surface area contributed by atoms with E-state index in [2.05, 4.69) is 43.0 Å². The quantitative estimate of drug-likeness (QED) is 0.282. The molecule has 1 unspecified atom stereocenters. The van der Waals surface area contributed by atoms with Gasteiger partial charge in [0, 0.05) is 21.6 Å². The van der Waals surface area contributed by atoms with E-state index in [-0.39, 0.29) is 12.1 Å². The van der Waals surface area contributed by atoms with Gasteiger partial charge < -0.3 is 19.5 Å². The predicted molar refractivity (Wildman–Crippen MR) is 149 cm³/mol. The van der Waals surface area contributed by atoms with Gasteiger partial charge >= 0.3 is 5.97 Å². The SMILES string of the molecule is CCCC(Oc1cc2c(Nc3cccc(Br)c3)ncnc2cc1OC)C1CCN(CC(=O)OCC)CC1. The second kappa shape index (κ2) is 13.1. The normalized spacial score (nSPS) is 15.4. The van der Waals surface area contributed by atoms with Crippen molar-refractivity contribution in [1.29, 1.82) is 0 Å². The number of ether oxygens (including phenoxy) is 3. The maximum Gasteiger partial charge on any atom is 0.320 e. The number of halogens is 1. The summed E-state index contributed by atoms with van der Waals surface area (Å²) in [6.45, 7) is 6.50. The van der Waals surface area contributed by atoms with Crippen molar-refractivity contribution in [3.05, 3.63) is 47.2 Å². The number of benzene rings is 2. The minimum Gasteiger partial charge on any atom is -0.493 e. The van der Waals surface area contributed by atoms with Crippen LogP contribution in [0, 0.1) is 5.92 Å². The number of methoxy groups -OCH3 is 1. The Labute approximate surface area is 226 Å². The number of aromatic nitrogens is 2. The van der Waals surface area contributed by atoms with E-state index in [0.29, 0.717) is 36.4 Å². The van der Waals surface area contributed by atoms with E-state index in [4.69, 9.17) is 14.2 Å². The van der Waals surface area contributed by atoms with Crippen LogP contribution in [-0.4, -0.2) is 60.3 Å². The molecule has 8 nitrogen and oxygen atoms in total. The van der Waals surface area contributed by atoms with Gasteiger partial charge in [0.05, 0.1) is 25.8 Å². The smallest absolute Gasteiger partial charge is 0.320 e. The highest BCUT2D eigenvalue weighted by molar-refractivity contribution is 9.10.